The lowest BCUT2D eigenvalue weighted by Crippen LogP contribution is -2.30. The van der Waals surface area contributed by atoms with E-state index in [1.807, 2.05) is 19.0 Å². The van der Waals surface area contributed by atoms with Crippen molar-refractivity contribution >= 4 is 5.97 Å². The van der Waals surface area contributed by atoms with E-state index in [0.29, 0.717) is 12.8 Å². The predicted molar refractivity (Wildman–Crippen MR) is 117 cm³/mol. The lowest BCUT2D eigenvalue weighted by molar-refractivity contribution is -0.149. The van der Waals surface area contributed by atoms with E-state index in [2.05, 4.69) is 6.92 Å². The molecule has 0 spiro atoms. The number of unbranched alkanes of at least 4 members (excludes halogenated alkanes) is 14. The Morgan fingerprint density at radius 3 is 1.59 bits per heavy atom. The first-order valence-corrected chi connectivity index (χ1v) is 11.7. The van der Waals surface area contributed by atoms with Gasteiger partial charge in [-0.1, -0.05) is 96.8 Å². The summed E-state index contributed by atoms with van der Waals surface area (Å²) in [7, 11) is 3.98. The number of rotatable bonds is 20. The zero-order chi connectivity index (χ0) is 20.2. The molecule has 0 aliphatic rings. The number of esters is 1. The summed E-state index contributed by atoms with van der Waals surface area (Å²) in [6.07, 6.45) is 20.7. The average molecular weight is 385 g/mol. The van der Waals surface area contributed by atoms with Gasteiger partial charge >= 0.3 is 5.97 Å². The number of hydrogen-bond donors (Lipinski definition) is 1. The summed E-state index contributed by atoms with van der Waals surface area (Å²) in [4.78, 5) is 13.8. The van der Waals surface area contributed by atoms with Crippen LogP contribution in [-0.2, 0) is 9.53 Å². The van der Waals surface area contributed by atoms with Gasteiger partial charge in [-0.2, -0.15) is 0 Å². The first-order chi connectivity index (χ1) is 13.1. The van der Waals surface area contributed by atoms with Crippen LogP contribution in [0, 0.1) is 0 Å². The van der Waals surface area contributed by atoms with Crippen LogP contribution in [0.4, 0.5) is 0 Å². The molecule has 0 fully saturated rings. The highest BCUT2D eigenvalue weighted by Crippen LogP contribution is 2.13. The van der Waals surface area contributed by atoms with E-state index in [-0.39, 0.29) is 5.97 Å². The zero-order valence-electron chi connectivity index (χ0n) is 18.6. The van der Waals surface area contributed by atoms with E-state index < -0.39 is 6.23 Å². The van der Waals surface area contributed by atoms with E-state index >= 15 is 0 Å². The topological polar surface area (TPSA) is 55.6 Å². The van der Waals surface area contributed by atoms with Crippen LogP contribution in [-0.4, -0.2) is 37.7 Å². The molecule has 0 aliphatic heterocycles. The third-order valence-corrected chi connectivity index (χ3v) is 5.13. The van der Waals surface area contributed by atoms with Crippen molar-refractivity contribution in [3.05, 3.63) is 0 Å². The highest BCUT2D eigenvalue weighted by molar-refractivity contribution is 5.69. The zero-order valence-corrected chi connectivity index (χ0v) is 18.6. The Morgan fingerprint density at radius 2 is 1.19 bits per heavy atom. The summed E-state index contributed by atoms with van der Waals surface area (Å²) in [5, 5.41) is 0. The van der Waals surface area contributed by atoms with Crippen molar-refractivity contribution in [1.29, 1.82) is 0 Å². The number of ether oxygens (including phenoxy) is 1. The molecule has 4 heteroatoms. The van der Waals surface area contributed by atoms with Crippen LogP contribution >= 0.6 is 0 Å². The molecule has 0 radical (unpaired) electrons. The van der Waals surface area contributed by atoms with E-state index in [9.17, 15) is 4.79 Å². The molecule has 0 amide bonds. The molecule has 0 saturated heterocycles. The molecular weight excluding hydrogens is 336 g/mol. The summed E-state index contributed by atoms with van der Waals surface area (Å²) >= 11 is 0. The highest BCUT2D eigenvalue weighted by atomic mass is 16.6. The molecule has 0 aromatic rings. The van der Waals surface area contributed by atoms with Crippen LogP contribution in [0.15, 0.2) is 0 Å². The number of carbonyl (C=O) groups excluding carboxylic acids is 1. The fraction of sp³-hybridized carbons (Fsp3) is 0.957. The Labute approximate surface area is 169 Å². The van der Waals surface area contributed by atoms with E-state index in [1.165, 1.54) is 83.5 Å². The van der Waals surface area contributed by atoms with Crippen molar-refractivity contribution in [2.24, 2.45) is 5.73 Å². The Balaban J connectivity index is 3.23. The van der Waals surface area contributed by atoms with Crippen molar-refractivity contribution in [1.82, 2.24) is 4.90 Å². The minimum Gasteiger partial charge on any atom is -0.447 e. The second-order valence-corrected chi connectivity index (χ2v) is 8.32. The number of nitrogens with two attached hydrogens (primary N) is 1. The van der Waals surface area contributed by atoms with Crippen LogP contribution in [0.1, 0.15) is 116 Å². The van der Waals surface area contributed by atoms with Gasteiger partial charge in [0.05, 0.1) is 0 Å². The molecule has 4 nitrogen and oxygen atoms in total. The maximum Gasteiger partial charge on any atom is 0.307 e. The van der Waals surface area contributed by atoms with Crippen LogP contribution in [0.5, 0.6) is 0 Å². The highest BCUT2D eigenvalue weighted by Gasteiger charge is 2.09. The lowest BCUT2D eigenvalue weighted by atomic mass is 10.0. The smallest absolute Gasteiger partial charge is 0.307 e. The maximum absolute atomic E-state index is 11.7. The largest absolute Gasteiger partial charge is 0.447 e. The molecule has 0 aromatic carbocycles. The van der Waals surface area contributed by atoms with Gasteiger partial charge in [0, 0.05) is 19.4 Å². The van der Waals surface area contributed by atoms with Gasteiger partial charge in [-0.15, -0.1) is 0 Å². The van der Waals surface area contributed by atoms with Crippen LogP contribution < -0.4 is 5.73 Å². The van der Waals surface area contributed by atoms with Crippen LogP contribution in [0.25, 0.3) is 0 Å². The van der Waals surface area contributed by atoms with Gasteiger partial charge in [0.15, 0.2) is 6.23 Å². The molecule has 0 heterocycles. The number of carbonyl (C=O) groups is 1. The molecule has 0 aromatic heterocycles. The summed E-state index contributed by atoms with van der Waals surface area (Å²) in [6, 6.07) is 0. The minimum atomic E-state index is -0.462. The third kappa shape index (κ3) is 21.5. The average Bonchev–Trinajstić information content (AvgIpc) is 2.63. The molecule has 2 N–H and O–H groups in total. The van der Waals surface area contributed by atoms with Gasteiger partial charge in [0.1, 0.15) is 0 Å². The predicted octanol–water partition coefficient (Wildman–Crippen LogP) is 6.03. The van der Waals surface area contributed by atoms with E-state index in [0.717, 1.165) is 19.4 Å². The second kappa shape index (κ2) is 20.1. The van der Waals surface area contributed by atoms with Crippen molar-refractivity contribution < 1.29 is 9.53 Å². The molecule has 0 bridgehead atoms. The Hall–Kier alpha value is -0.610. The molecule has 1 unspecified atom stereocenters. The number of nitrogens with zero attached hydrogens (tertiary/aromatic N) is 1. The monoisotopic (exact) mass is 384 g/mol. The first kappa shape index (κ1) is 26.4. The fourth-order valence-electron chi connectivity index (χ4n) is 3.31. The van der Waals surface area contributed by atoms with Gasteiger partial charge < -0.3 is 9.64 Å². The standard InChI is InChI=1S/C23H48N2O2/c1-4-5-6-7-8-9-10-11-12-13-14-15-16-17-18-19-23(26)27-22(24)20-21-25(2)3/h22H,4-21,24H2,1-3H3. The molecule has 27 heavy (non-hydrogen) atoms. The van der Waals surface area contributed by atoms with Crippen LogP contribution in [0.2, 0.25) is 0 Å². The second-order valence-electron chi connectivity index (χ2n) is 8.32. The number of hydrogen-bond acceptors (Lipinski definition) is 4. The first-order valence-electron chi connectivity index (χ1n) is 11.7. The van der Waals surface area contributed by atoms with Crippen molar-refractivity contribution in [3.63, 3.8) is 0 Å². The molecule has 162 valence electrons. The summed E-state index contributed by atoms with van der Waals surface area (Å²) in [5.41, 5.74) is 5.81. The van der Waals surface area contributed by atoms with Crippen LogP contribution in [0.3, 0.4) is 0 Å². The van der Waals surface area contributed by atoms with Crippen molar-refractivity contribution in [2.75, 3.05) is 20.6 Å². The lowest BCUT2D eigenvalue weighted by Gasteiger charge is -2.15. The fourth-order valence-corrected chi connectivity index (χ4v) is 3.31. The Morgan fingerprint density at radius 1 is 0.778 bits per heavy atom. The minimum absolute atomic E-state index is 0.143. The van der Waals surface area contributed by atoms with Crippen molar-refractivity contribution in [3.8, 4) is 0 Å². The van der Waals surface area contributed by atoms with E-state index in [4.69, 9.17) is 10.5 Å². The van der Waals surface area contributed by atoms with Gasteiger partial charge in [-0.05, 0) is 20.5 Å². The molecule has 0 rings (SSSR count). The Kier molecular flexibility index (Phi) is 19.7. The van der Waals surface area contributed by atoms with Gasteiger partial charge in [-0.25, -0.2) is 0 Å². The SMILES string of the molecule is CCCCCCCCCCCCCCCCCC(=O)OC(N)CCN(C)C. The van der Waals surface area contributed by atoms with Crippen molar-refractivity contribution in [2.45, 2.75) is 122 Å². The molecule has 0 saturated carbocycles. The van der Waals surface area contributed by atoms with Gasteiger partial charge in [0.25, 0.3) is 0 Å². The molecule has 1 atom stereocenters. The summed E-state index contributed by atoms with van der Waals surface area (Å²) < 4.78 is 5.23. The Bertz CT molecular complexity index is 322. The van der Waals surface area contributed by atoms with Gasteiger partial charge in [-0.3, -0.25) is 10.5 Å². The quantitative estimate of drug-likeness (QED) is 0.158. The maximum atomic E-state index is 11.7. The summed E-state index contributed by atoms with van der Waals surface area (Å²) in [6.45, 7) is 3.12. The normalized spacial score (nSPS) is 12.5. The third-order valence-electron chi connectivity index (χ3n) is 5.13. The summed E-state index contributed by atoms with van der Waals surface area (Å²) in [5.74, 6) is -0.143. The van der Waals surface area contributed by atoms with Gasteiger partial charge in [0.2, 0.25) is 0 Å². The molecular formula is C23H48N2O2. The van der Waals surface area contributed by atoms with E-state index in [1.54, 1.807) is 0 Å². The molecule has 0 aliphatic carbocycles.